The van der Waals surface area contributed by atoms with Crippen molar-refractivity contribution in [2.75, 3.05) is 17.2 Å². The zero-order chi connectivity index (χ0) is 12.3. The average Bonchev–Trinajstić information content (AvgIpc) is 2.67. The van der Waals surface area contributed by atoms with Crippen LogP contribution in [-0.4, -0.2) is 21.3 Å². The van der Waals surface area contributed by atoms with Gasteiger partial charge in [0.05, 0.1) is 5.69 Å². The molecule has 0 aliphatic rings. The molecule has 5 heteroatoms. The first-order valence-corrected chi connectivity index (χ1v) is 5.63. The van der Waals surface area contributed by atoms with Gasteiger partial charge in [-0.3, -0.25) is 9.67 Å². The Kier molecular flexibility index (Phi) is 3.27. The van der Waals surface area contributed by atoms with Crippen LogP contribution in [0.5, 0.6) is 0 Å². The fourth-order valence-electron chi connectivity index (χ4n) is 1.79. The molecule has 0 aliphatic heterocycles. The summed E-state index contributed by atoms with van der Waals surface area (Å²) in [5.74, 6) is 0.840. The summed E-state index contributed by atoms with van der Waals surface area (Å²) in [6, 6.07) is 4.00. The van der Waals surface area contributed by atoms with E-state index in [9.17, 15) is 0 Å². The monoisotopic (exact) mass is 231 g/mol. The zero-order valence-corrected chi connectivity index (χ0v) is 10.2. The second-order valence-electron chi connectivity index (χ2n) is 3.95. The molecule has 0 saturated heterocycles. The molecule has 0 fully saturated rings. The van der Waals surface area contributed by atoms with Crippen LogP contribution in [0.2, 0.25) is 0 Å². The molecule has 0 unspecified atom stereocenters. The largest absolute Gasteiger partial charge is 0.394 e. The molecule has 0 aromatic carbocycles. The van der Waals surface area contributed by atoms with Crippen LogP contribution in [-0.2, 0) is 13.6 Å². The highest BCUT2D eigenvalue weighted by atomic mass is 15.3. The quantitative estimate of drug-likeness (QED) is 0.864. The number of hydrogen-bond donors (Lipinski definition) is 1. The number of pyridine rings is 1. The SMILES string of the molecule is CCN(Cc1ccncc1)c1nn(C)cc1N. The van der Waals surface area contributed by atoms with Crippen molar-refractivity contribution in [3.05, 3.63) is 36.3 Å². The second kappa shape index (κ2) is 4.86. The van der Waals surface area contributed by atoms with E-state index in [1.165, 1.54) is 5.56 Å². The fraction of sp³-hybridized carbons (Fsp3) is 0.333. The third-order valence-electron chi connectivity index (χ3n) is 2.64. The van der Waals surface area contributed by atoms with Crippen LogP contribution >= 0.6 is 0 Å². The van der Waals surface area contributed by atoms with Crippen LogP contribution in [0.3, 0.4) is 0 Å². The van der Waals surface area contributed by atoms with Gasteiger partial charge in [0, 0.05) is 38.7 Å². The summed E-state index contributed by atoms with van der Waals surface area (Å²) in [6.45, 7) is 3.75. The summed E-state index contributed by atoms with van der Waals surface area (Å²) in [4.78, 5) is 6.15. The van der Waals surface area contributed by atoms with E-state index in [0.29, 0.717) is 5.69 Å². The van der Waals surface area contributed by atoms with Gasteiger partial charge in [0.1, 0.15) is 0 Å². The van der Waals surface area contributed by atoms with Gasteiger partial charge in [-0.25, -0.2) is 0 Å². The summed E-state index contributed by atoms with van der Waals surface area (Å²) >= 11 is 0. The Bertz CT molecular complexity index is 477. The number of nitrogens with two attached hydrogens (primary N) is 1. The third kappa shape index (κ3) is 2.55. The summed E-state index contributed by atoms with van der Waals surface area (Å²) < 4.78 is 1.74. The molecule has 90 valence electrons. The van der Waals surface area contributed by atoms with Crippen LogP contribution in [0.4, 0.5) is 11.5 Å². The van der Waals surface area contributed by atoms with Gasteiger partial charge in [0.15, 0.2) is 5.82 Å². The number of aromatic nitrogens is 3. The van der Waals surface area contributed by atoms with Gasteiger partial charge >= 0.3 is 0 Å². The highest BCUT2D eigenvalue weighted by Crippen LogP contribution is 2.21. The van der Waals surface area contributed by atoms with Crippen LogP contribution < -0.4 is 10.6 Å². The smallest absolute Gasteiger partial charge is 0.174 e. The second-order valence-corrected chi connectivity index (χ2v) is 3.95. The molecule has 2 aromatic heterocycles. The van der Waals surface area contributed by atoms with Gasteiger partial charge in [-0.2, -0.15) is 5.10 Å². The minimum Gasteiger partial charge on any atom is -0.394 e. The molecule has 2 heterocycles. The number of rotatable bonds is 4. The van der Waals surface area contributed by atoms with Crippen molar-refractivity contribution in [3.63, 3.8) is 0 Å². The van der Waals surface area contributed by atoms with Gasteiger partial charge in [-0.1, -0.05) is 0 Å². The lowest BCUT2D eigenvalue weighted by Crippen LogP contribution is -2.23. The van der Waals surface area contributed by atoms with Gasteiger partial charge < -0.3 is 10.6 Å². The Morgan fingerprint density at radius 3 is 2.59 bits per heavy atom. The van der Waals surface area contributed by atoms with E-state index in [4.69, 9.17) is 5.73 Å². The van der Waals surface area contributed by atoms with Gasteiger partial charge in [0.2, 0.25) is 0 Å². The van der Waals surface area contributed by atoms with Crippen molar-refractivity contribution in [1.29, 1.82) is 0 Å². The maximum atomic E-state index is 5.93. The molecule has 0 bridgehead atoms. The Labute approximate surface area is 101 Å². The van der Waals surface area contributed by atoms with E-state index in [2.05, 4.69) is 21.9 Å². The Balaban J connectivity index is 2.20. The maximum Gasteiger partial charge on any atom is 0.174 e. The van der Waals surface area contributed by atoms with Gasteiger partial charge in [-0.05, 0) is 24.6 Å². The van der Waals surface area contributed by atoms with E-state index in [1.54, 1.807) is 17.1 Å². The number of anilines is 2. The summed E-state index contributed by atoms with van der Waals surface area (Å²) in [5.41, 5.74) is 7.85. The van der Waals surface area contributed by atoms with Crippen LogP contribution in [0.25, 0.3) is 0 Å². The topological polar surface area (TPSA) is 60.0 Å². The van der Waals surface area contributed by atoms with E-state index in [0.717, 1.165) is 18.9 Å². The van der Waals surface area contributed by atoms with Crippen LogP contribution in [0, 0.1) is 0 Å². The average molecular weight is 231 g/mol. The molecule has 0 spiro atoms. The van der Waals surface area contributed by atoms with E-state index >= 15 is 0 Å². The molecule has 2 rings (SSSR count). The lowest BCUT2D eigenvalue weighted by molar-refractivity contribution is 0.735. The van der Waals surface area contributed by atoms with E-state index < -0.39 is 0 Å². The van der Waals surface area contributed by atoms with E-state index in [1.807, 2.05) is 25.4 Å². The Morgan fingerprint density at radius 2 is 2.06 bits per heavy atom. The Hall–Kier alpha value is -2.04. The normalized spacial score (nSPS) is 10.5. The highest BCUT2D eigenvalue weighted by Gasteiger charge is 2.12. The minimum atomic E-state index is 0.711. The summed E-state index contributed by atoms with van der Waals surface area (Å²) in [7, 11) is 1.88. The van der Waals surface area contributed by atoms with Gasteiger partial charge in [0.25, 0.3) is 0 Å². The summed E-state index contributed by atoms with van der Waals surface area (Å²) in [5, 5.41) is 4.38. The maximum absolute atomic E-state index is 5.93. The first-order chi connectivity index (χ1) is 8.20. The molecule has 5 nitrogen and oxygen atoms in total. The number of nitrogens with zero attached hydrogens (tertiary/aromatic N) is 4. The number of aryl methyl sites for hydroxylation is 1. The first-order valence-electron chi connectivity index (χ1n) is 5.63. The lowest BCUT2D eigenvalue weighted by Gasteiger charge is -2.20. The third-order valence-corrected chi connectivity index (χ3v) is 2.64. The molecule has 0 atom stereocenters. The number of nitrogen functional groups attached to an aromatic ring is 1. The lowest BCUT2D eigenvalue weighted by atomic mass is 10.2. The Morgan fingerprint density at radius 1 is 1.35 bits per heavy atom. The molecule has 0 aliphatic carbocycles. The molecule has 0 saturated carbocycles. The molecular weight excluding hydrogens is 214 g/mol. The molecule has 17 heavy (non-hydrogen) atoms. The molecule has 0 radical (unpaired) electrons. The molecular formula is C12H17N5. The van der Waals surface area contributed by atoms with Crippen molar-refractivity contribution in [3.8, 4) is 0 Å². The van der Waals surface area contributed by atoms with Crippen molar-refractivity contribution >= 4 is 11.5 Å². The molecule has 2 N–H and O–H groups in total. The first kappa shape index (κ1) is 11.4. The van der Waals surface area contributed by atoms with Crippen molar-refractivity contribution in [2.45, 2.75) is 13.5 Å². The van der Waals surface area contributed by atoms with Crippen LogP contribution in [0.1, 0.15) is 12.5 Å². The predicted molar refractivity (Wildman–Crippen MR) is 68.6 cm³/mol. The number of hydrogen-bond acceptors (Lipinski definition) is 4. The van der Waals surface area contributed by atoms with Gasteiger partial charge in [-0.15, -0.1) is 0 Å². The zero-order valence-electron chi connectivity index (χ0n) is 10.2. The van der Waals surface area contributed by atoms with E-state index in [-0.39, 0.29) is 0 Å². The summed E-state index contributed by atoms with van der Waals surface area (Å²) in [6.07, 6.45) is 5.42. The minimum absolute atomic E-state index is 0.711. The van der Waals surface area contributed by atoms with Crippen LogP contribution in [0.15, 0.2) is 30.7 Å². The molecule has 0 amide bonds. The van der Waals surface area contributed by atoms with Crippen molar-refractivity contribution in [1.82, 2.24) is 14.8 Å². The fourth-order valence-corrected chi connectivity index (χ4v) is 1.79. The predicted octanol–water partition coefficient (Wildman–Crippen LogP) is 1.42. The standard InChI is InChI=1S/C12H17N5/c1-3-17(8-10-4-6-14-7-5-10)12-11(13)9-16(2)15-12/h4-7,9H,3,8,13H2,1-2H3. The van der Waals surface area contributed by atoms with Crippen molar-refractivity contribution < 1.29 is 0 Å². The highest BCUT2D eigenvalue weighted by molar-refractivity contribution is 5.61. The van der Waals surface area contributed by atoms with Crippen molar-refractivity contribution in [2.24, 2.45) is 7.05 Å². The molecule has 2 aromatic rings.